The van der Waals surface area contributed by atoms with Crippen LogP contribution in [-0.4, -0.2) is 42.0 Å². The maximum absolute atomic E-state index is 12.5. The highest BCUT2D eigenvalue weighted by atomic mass is 16.1. The molecule has 1 aliphatic rings. The first kappa shape index (κ1) is 19.6. The summed E-state index contributed by atoms with van der Waals surface area (Å²) in [4.78, 5) is 21.6. The summed E-state index contributed by atoms with van der Waals surface area (Å²) in [5, 5.41) is 11.9. The molecule has 6 nitrogen and oxygen atoms in total. The second-order valence-corrected chi connectivity index (χ2v) is 7.26. The van der Waals surface area contributed by atoms with Gasteiger partial charge in [0.2, 0.25) is 0 Å². The number of carbonyl (C=O) groups is 1. The highest BCUT2D eigenvalue weighted by Gasteiger charge is 2.18. The van der Waals surface area contributed by atoms with E-state index in [1.807, 2.05) is 12.1 Å². The molecule has 1 amide bonds. The van der Waals surface area contributed by atoms with Gasteiger partial charge in [-0.3, -0.25) is 9.69 Å². The zero-order valence-corrected chi connectivity index (χ0v) is 16.7. The summed E-state index contributed by atoms with van der Waals surface area (Å²) in [5.41, 5.74) is 3.60. The van der Waals surface area contributed by atoms with Gasteiger partial charge in [0.25, 0.3) is 5.91 Å². The second-order valence-electron chi connectivity index (χ2n) is 7.26. The summed E-state index contributed by atoms with van der Waals surface area (Å²) in [6.07, 6.45) is 1.75. The molecule has 1 N–H and O–H groups in total. The zero-order valence-electron chi connectivity index (χ0n) is 16.7. The van der Waals surface area contributed by atoms with E-state index < -0.39 is 0 Å². The van der Waals surface area contributed by atoms with Crippen LogP contribution in [0.25, 0.3) is 0 Å². The van der Waals surface area contributed by atoms with Crippen molar-refractivity contribution in [3.05, 3.63) is 89.7 Å². The molecule has 2 aromatic carbocycles. The molecule has 0 aliphatic carbocycles. The van der Waals surface area contributed by atoms with Crippen molar-refractivity contribution >= 4 is 17.3 Å². The van der Waals surface area contributed by atoms with Crippen molar-refractivity contribution in [1.29, 1.82) is 5.26 Å². The quantitative estimate of drug-likeness (QED) is 0.713. The number of para-hydroxylation sites is 1. The van der Waals surface area contributed by atoms with Gasteiger partial charge in [-0.25, -0.2) is 4.98 Å². The number of amides is 1. The van der Waals surface area contributed by atoms with Crippen LogP contribution in [0.3, 0.4) is 0 Å². The molecule has 0 bridgehead atoms. The number of aromatic nitrogens is 1. The van der Waals surface area contributed by atoms with Crippen LogP contribution in [0, 0.1) is 11.3 Å². The highest BCUT2D eigenvalue weighted by Crippen LogP contribution is 2.18. The van der Waals surface area contributed by atoms with Crippen LogP contribution in [0.15, 0.2) is 72.9 Å². The number of hydrogen-bond donors (Lipinski definition) is 1. The third-order valence-corrected chi connectivity index (χ3v) is 5.26. The summed E-state index contributed by atoms with van der Waals surface area (Å²) in [7, 11) is 0. The monoisotopic (exact) mass is 397 g/mol. The van der Waals surface area contributed by atoms with Crippen LogP contribution in [0.5, 0.6) is 0 Å². The van der Waals surface area contributed by atoms with E-state index in [4.69, 9.17) is 5.26 Å². The number of benzene rings is 2. The van der Waals surface area contributed by atoms with Gasteiger partial charge >= 0.3 is 0 Å². The van der Waals surface area contributed by atoms with E-state index in [0.29, 0.717) is 16.9 Å². The van der Waals surface area contributed by atoms with Crippen LogP contribution in [-0.2, 0) is 6.54 Å². The predicted octanol–water partition coefficient (Wildman–Crippen LogP) is 3.53. The summed E-state index contributed by atoms with van der Waals surface area (Å²) in [6, 6.07) is 23.2. The van der Waals surface area contributed by atoms with Crippen LogP contribution >= 0.6 is 0 Å². The van der Waals surface area contributed by atoms with Gasteiger partial charge in [0.1, 0.15) is 11.8 Å². The number of rotatable bonds is 5. The average Bonchev–Trinajstić information content (AvgIpc) is 2.81. The Morgan fingerprint density at radius 2 is 1.70 bits per heavy atom. The van der Waals surface area contributed by atoms with Crippen molar-refractivity contribution in [2.24, 2.45) is 0 Å². The first-order valence-electron chi connectivity index (χ1n) is 10.0. The molecule has 1 aromatic heterocycles. The largest absolute Gasteiger partial charge is 0.368 e. The fourth-order valence-corrected chi connectivity index (χ4v) is 3.59. The fourth-order valence-electron chi connectivity index (χ4n) is 3.59. The van der Waals surface area contributed by atoms with Crippen molar-refractivity contribution in [2.45, 2.75) is 6.54 Å². The minimum Gasteiger partial charge on any atom is -0.368 e. The van der Waals surface area contributed by atoms with Gasteiger partial charge in [-0.05, 0) is 29.8 Å². The van der Waals surface area contributed by atoms with Gasteiger partial charge in [-0.15, -0.1) is 0 Å². The van der Waals surface area contributed by atoms with Crippen molar-refractivity contribution in [3.8, 4) is 6.07 Å². The number of piperazine rings is 1. The third-order valence-electron chi connectivity index (χ3n) is 5.26. The average molecular weight is 397 g/mol. The lowest BCUT2D eigenvalue weighted by atomic mass is 10.2. The molecular formula is C24H23N5O. The zero-order chi connectivity index (χ0) is 20.8. The van der Waals surface area contributed by atoms with Gasteiger partial charge in [0, 0.05) is 32.7 Å². The Bertz CT molecular complexity index is 1040. The Morgan fingerprint density at radius 3 is 2.40 bits per heavy atom. The number of nitrogens with one attached hydrogen (secondary N) is 1. The predicted molar refractivity (Wildman–Crippen MR) is 117 cm³/mol. The van der Waals surface area contributed by atoms with E-state index in [-0.39, 0.29) is 5.91 Å². The summed E-state index contributed by atoms with van der Waals surface area (Å²) in [6.45, 7) is 4.80. The lowest BCUT2D eigenvalue weighted by molar-refractivity contribution is 0.102. The van der Waals surface area contributed by atoms with Crippen LogP contribution in [0.4, 0.5) is 11.4 Å². The first-order chi connectivity index (χ1) is 14.7. The molecule has 0 radical (unpaired) electrons. The summed E-state index contributed by atoms with van der Waals surface area (Å²) in [5.74, 6) is -0.322. The van der Waals surface area contributed by atoms with Gasteiger partial charge in [0.05, 0.1) is 23.1 Å². The van der Waals surface area contributed by atoms with E-state index in [9.17, 15) is 4.79 Å². The Labute approximate surface area is 176 Å². The van der Waals surface area contributed by atoms with Crippen molar-refractivity contribution in [3.63, 3.8) is 0 Å². The minimum absolute atomic E-state index is 0.322. The minimum atomic E-state index is -0.322. The van der Waals surface area contributed by atoms with Crippen molar-refractivity contribution < 1.29 is 4.79 Å². The normalized spacial score (nSPS) is 14.2. The molecule has 1 fully saturated rings. The Morgan fingerprint density at radius 1 is 0.967 bits per heavy atom. The molecule has 1 saturated heterocycles. The molecule has 0 unspecified atom stereocenters. The standard InChI is InChI=1S/C24H23N5O/c25-16-20-8-4-5-9-22(20)27-24(30)23-11-10-21(17-26-23)29-14-12-28(13-15-29)18-19-6-2-1-3-7-19/h1-11,17H,12-15,18H2,(H,27,30). The van der Waals surface area contributed by atoms with Gasteiger partial charge < -0.3 is 10.2 Å². The van der Waals surface area contributed by atoms with Gasteiger partial charge in [-0.2, -0.15) is 5.26 Å². The van der Waals surface area contributed by atoms with Crippen LogP contribution < -0.4 is 10.2 Å². The molecule has 2 heterocycles. The van der Waals surface area contributed by atoms with E-state index in [0.717, 1.165) is 38.4 Å². The number of anilines is 2. The molecule has 0 saturated carbocycles. The molecule has 1 aliphatic heterocycles. The van der Waals surface area contributed by atoms with Crippen LogP contribution in [0.1, 0.15) is 21.6 Å². The Kier molecular flexibility index (Phi) is 6.02. The third kappa shape index (κ3) is 4.65. The molecule has 150 valence electrons. The number of pyridine rings is 1. The smallest absolute Gasteiger partial charge is 0.274 e. The highest BCUT2D eigenvalue weighted by molar-refractivity contribution is 6.03. The molecule has 3 aromatic rings. The fraction of sp³-hybridized carbons (Fsp3) is 0.208. The van der Waals surface area contributed by atoms with E-state index in [2.05, 4.69) is 50.4 Å². The van der Waals surface area contributed by atoms with Crippen molar-refractivity contribution in [1.82, 2.24) is 9.88 Å². The maximum atomic E-state index is 12.5. The first-order valence-corrected chi connectivity index (χ1v) is 10.0. The Hall–Kier alpha value is -3.69. The molecule has 6 heteroatoms. The van der Waals surface area contributed by atoms with E-state index in [1.165, 1.54) is 5.56 Å². The number of carbonyl (C=O) groups excluding carboxylic acids is 1. The van der Waals surface area contributed by atoms with E-state index >= 15 is 0 Å². The maximum Gasteiger partial charge on any atom is 0.274 e. The lowest BCUT2D eigenvalue weighted by Crippen LogP contribution is -2.46. The van der Waals surface area contributed by atoms with Gasteiger partial charge in [0.15, 0.2) is 0 Å². The molecule has 30 heavy (non-hydrogen) atoms. The summed E-state index contributed by atoms with van der Waals surface area (Å²) >= 11 is 0. The lowest BCUT2D eigenvalue weighted by Gasteiger charge is -2.36. The number of nitrogens with zero attached hydrogens (tertiary/aromatic N) is 4. The SMILES string of the molecule is N#Cc1ccccc1NC(=O)c1ccc(N2CCN(Cc3ccccc3)CC2)cn1. The number of hydrogen-bond acceptors (Lipinski definition) is 5. The topological polar surface area (TPSA) is 72.3 Å². The van der Waals surface area contributed by atoms with Gasteiger partial charge in [-0.1, -0.05) is 42.5 Å². The molecular weight excluding hydrogens is 374 g/mol. The molecule has 4 rings (SSSR count). The Balaban J connectivity index is 1.34. The van der Waals surface area contributed by atoms with E-state index in [1.54, 1.807) is 36.5 Å². The number of nitriles is 1. The molecule has 0 atom stereocenters. The van der Waals surface area contributed by atoms with Crippen molar-refractivity contribution in [2.75, 3.05) is 36.4 Å². The summed E-state index contributed by atoms with van der Waals surface area (Å²) < 4.78 is 0. The second kappa shape index (κ2) is 9.21. The molecule has 0 spiro atoms. The van der Waals surface area contributed by atoms with Crippen LogP contribution in [0.2, 0.25) is 0 Å².